The van der Waals surface area contributed by atoms with Gasteiger partial charge in [0.1, 0.15) is 15.6 Å². The van der Waals surface area contributed by atoms with Gasteiger partial charge in [0.15, 0.2) is 0 Å². The molecule has 1 aliphatic carbocycles. The summed E-state index contributed by atoms with van der Waals surface area (Å²) in [7, 11) is -3.10. The number of nitrogens with one attached hydrogen (secondary N) is 1. The van der Waals surface area contributed by atoms with Crippen LogP contribution in [0.4, 0.5) is 0 Å². The van der Waals surface area contributed by atoms with Gasteiger partial charge in [-0.05, 0) is 49.9 Å². The summed E-state index contributed by atoms with van der Waals surface area (Å²) in [5.74, 6) is 0.543. The van der Waals surface area contributed by atoms with Crippen LogP contribution >= 0.6 is 0 Å². The molecule has 3 rings (SSSR count). The smallest absolute Gasteiger partial charge is 0.221 e. The highest BCUT2D eigenvalue weighted by Crippen LogP contribution is 2.26. The van der Waals surface area contributed by atoms with Crippen LogP contribution < -0.4 is 10.1 Å². The average Bonchev–Trinajstić information content (AvgIpc) is 2.61. The molecule has 0 atom stereocenters. The molecule has 1 amide bonds. The standard InChI is InChI=1S/C19H24N2O4S/c1-26(23,24)12-10-19(22)21-15-4-6-16(7-5-15)25-17-8-9-18-14(13-17)3-2-11-20-18/h2-3,8-9,11,13,15-16H,4-7,10,12H2,1H3,(H,21,22). The van der Waals surface area contributed by atoms with Crippen molar-refractivity contribution in [3.05, 3.63) is 36.5 Å². The molecule has 140 valence electrons. The van der Waals surface area contributed by atoms with Gasteiger partial charge in [0, 0.05) is 30.3 Å². The van der Waals surface area contributed by atoms with Crippen LogP contribution in [0.15, 0.2) is 36.5 Å². The van der Waals surface area contributed by atoms with Crippen LogP contribution in [0.1, 0.15) is 32.1 Å². The molecule has 0 unspecified atom stereocenters. The fourth-order valence-corrected chi connectivity index (χ4v) is 3.78. The number of amides is 1. The molecule has 26 heavy (non-hydrogen) atoms. The molecule has 1 fully saturated rings. The SMILES string of the molecule is CS(=O)(=O)CCC(=O)NC1CCC(Oc2ccc3ncccc3c2)CC1. The molecule has 1 aliphatic rings. The number of rotatable bonds is 6. The van der Waals surface area contributed by atoms with Gasteiger partial charge in [-0.25, -0.2) is 8.42 Å². The zero-order valence-corrected chi connectivity index (χ0v) is 15.7. The molecule has 1 aromatic carbocycles. The van der Waals surface area contributed by atoms with Gasteiger partial charge in [-0.15, -0.1) is 0 Å². The van der Waals surface area contributed by atoms with E-state index in [-0.39, 0.29) is 30.2 Å². The maximum absolute atomic E-state index is 11.8. The van der Waals surface area contributed by atoms with E-state index in [4.69, 9.17) is 4.74 Å². The highest BCUT2D eigenvalue weighted by molar-refractivity contribution is 7.90. The highest BCUT2D eigenvalue weighted by Gasteiger charge is 2.24. The van der Waals surface area contributed by atoms with E-state index in [1.54, 1.807) is 6.20 Å². The van der Waals surface area contributed by atoms with Gasteiger partial charge >= 0.3 is 0 Å². The van der Waals surface area contributed by atoms with Gasteiger partial charge < -0.3 is 10.1 Å². The summed E-state index contributed by atoms with van der Waals surface area (Å²) in [6, 6.07) is 9.92. The van der Waals surface area contributed by atoms with E-state index in [1.165, 1.54) is 0 Å². The minimum absolute atomic E-state index is 0.0282. The molecule has 6 nitrogen and oxygen atoms in total. The van der Waals surface area contributed by atoms with Gasteiger partial charge in [0.25, 0.3) is 0 Å². The number of carbonyl (C=O) groups excluding carboxylic acids is 1. The van der Waals surface area contributed by atoms with E-state index >= 15 is 0 Å². The Morgan fingerprint density at radius 3 is 2.73 bits per heavy atom. The predicted molar refractivity (Wildman–Crippen MR) is 101 cm³/mol. The number of benzene rings is 1. The lowest BCUT2D eigenvalue weighted by atomic mass is 9.93. The first-order valence-corrected chi connectivity index (χ1v) is 10.9. The number of hydrogen-bond donors (Lipinski definition) is 1. The minimum Gasteiger partial charge on any atom is -0.490 e. The molecular formula is C19H24N2O4S. The molecule has 0 radical (unpaired) electrons. The van der Waals surface area contributed by atoms with E-state index in [0.29, 0.717) is 0 Å². The zero-order valence-electron chi connectivity index (χ0n) is 14.8. The lowest BCUT2D eigenvalue weighted by Gasteiger charge is -2.29. The Kier molecular flexibility index (Phi) is 5.76. The maximum Gasteiger partial charge on any atom is 0.221 e. The summed E-state index contributed by atoms with van der Waals surface area (Å²) >= 11 is 0. The second-order valence-corrected chi connectivity index (χ2v) is 9.16. The van der Waals surface area contributed by atoms with Crippen LogP contribution in [0.5, 0.6) is 5.75 Å². The van der Waals surface area contributed by atoms with Crippen molar-refractivity contribution in [1.29, 1.82) is 0 Å². The van der Waals surface area contributed by atoms with E-state index in [2.05, 4.69) is 10.3 Å². The van der Waals surface area contributed by atoms with E-state index in [0.717, 1.165) is 48.6 Å². The number of carbonyl (C=O) groups is 1. The Balaban J connectivity index is 1.46. The third-order valence-electron chi connectivity index (χ3n) is 4.62. The summed E-state index contributed by atoms with van der Waals surface area (Å²) in [5.41, 5.74) is 0.945. The molecule has 1 heterocycles. The predicted octanol–water partition coefficient (Wildman–Crippen LogP) is 2.48. The molecule has 2 aromatic rings. The summed E-state index contributed by atoms with van der Waals surface area (Å²) in [6.07, 6.45) is 6.48. The Bertz CT molecular complexity index is 874. The fourth-order valence-electron chi connectivity index (χ4n) is 3.22. The highest BCUT2D eigenvalue weighted by atomic mass is 32.2. The Hall–Kier alpha value is -2.15. The fraction of sp³-hybridized carbons (Fsp3) is 0.474. The maximum atomic E-state index is 11.8. The van der Waals surface area contributed by atoms with Crippen molar-refractivity contribution >= 4 is 26.6 Å². The summed E-state index contributed by atoms with van der Waals surface area (Å²) < 4.78 is 28.3. The first kappa shape index (κ1) is 18.6. The van der Waals surface area contributed by atoms with E-state index in [9.17, 15) is 13.2 Å². The second kappa shape index (κ2) is 8.03. The Morgan fingerprint density at radius 2 is 2.00 bits per heavy atom. The molecule has 7 heteroatoms. The lowest BCUT2D eigenvalue weighted by molar-refractivity contribution is -0.121. The molecule has 0 saturated heterocycles. The number of aromatic nitrogens is 1. The van der Waals surface area contributed by atoms with Gasteiger partial charge in [0.2, 0.25) is 5.91 Å². The topological polar surface area (TPSA) is 85.4 Å². The van der Waals surface area contributed by atoms with Crippen LogP contribution in [0.2, 0.25) is 0 Å². The zero-order chi connectivity index (χ0) is 18.6. The first-order valence-electron chi connectivity index (χ1n) is 8.87. The van der Waals surface area contributed by atoms with Gasteiger partial charge in [-0.1, -0.05) is 6.07 Å². The summed E-state index contributed by atoms with van der Waals surface area (Å²) in [5, 5.41) is 3.99. The molecular weight excluding hydrogens is 352 g/mol. The Labute approximate surface area is 153 Å². The molecule has 0 bridgehead atoms. The summed E-state index contributed by atoms with van der Waals surface area (Å²) in [4.78, 5) is 16.1. The van der Waals surface area contributed by atoms with Gasteiger partial charge in [-0.3, -0.25) is 9.78 Å². The van der Waals surface area contributed by atoms with Crippen molar-refractivity contribution in [1.82, 2.24) is 10.3 Å². The molecule has 1 aromatic heterocycles. The molecule has 1 saturated carbocycles. The number of fused-ring (bicyclic) bond motifs is 1. The van der Waals surface area contributed by atoms with Crippen molar-refractivity contribution in [2.24, 2.45) is 0 Å². The second-order valence-electron chi connectivity index (χ2n) is 6.90. The quantitative estimate of drug-likeness (QED) is 0.837. The molecule has 0 aliphatic heterocycles. The van der Waals surface area contributed by atoms with Crippen molar-refractivity contribution in [3.63, 3.8) is 0 Å². The van der Waals surface area contributed by atoms with Crippen molar-refractivity contribution in [3.8, 4) is 5.75 Å². The van der Waals surface area contributed by atoms with Gasteiger partial charge in [-0.2, -0.15) is 0 Å². The number of nitrogens with zero attached hydrogens (tertiary/aromatic N) is 1. The van der Waals surface area contributed by atoms with Crippen LogP contribution in [0.25, 0.3) is 10.9 Å². The largest absolute Gasteiger partial charge is 0.490 e. The van der Waals surface area contributed by atoms with Crippen LogP contribution in [-0.4, -0.2) is 43.5 Å². The number of sulfone groups is 1. The van der Waals surface area contributed by atoms with Crippen LogP contribution in [0.3, 0.4) is 0 Å². The van der Waals surface area contributed by atoms with Crippen molar-refractivity contribution in [2.75, 3.05) is 12.0 Å². The van der Waals surface area contributed by atoms with Crippen LogP contribution in [0, 0.1) is 0 Å². The van der Waals surface area contributed by atoms with Crippen LogP contribution in [-0.2, 0) is 14.6 Å². The van der Waals surface area contributed by atoms with E-state index in [1.807, 2.05) is 30.3 Å². The average molecular weight is 376 g/mol. The third kappa shape index (κ3) is 5.42. The molecule has 0 spiro atoms. The van der Waals surface area contributed by atoms with E-state index < -0.39 is 9.84 Å². The van der Waals surface area contributed by atoms with Crippen molar-refractivity contribution in [2.45, 2.75) is 44.2 Å². The molecule has 1 N–H and O–H groups in total. The number of pyridine rings is 1. The summed E-state index contributed by atoms with van der Waals surface area (Å²) in [6.45, 7) is 0. The number of ether oxygens (including phenoxy) is 1. The third-order valence-corrected chi connectivity index (χ3v) is 5.56. The lowest BCUT2D eigenvalue weighted by Crippen LogP contribution is -2.40. The minimum atomic E-state index is -3.10. The monoisotopic (exact) mass is 376 g/mol. The van der Waals surface area contributed by atoms with Gasteiger partial charge in [0.05, 0.1) is 17.4 Å². The Morgan fingerprint density at radius 1 is 1.23 bits per heavy atom. The normalized spacial score (nSPS) is 20.7. The first-order chi connectivity index (χ1) is 12.4. The number of hydrogen-bond acceptors (Lipinski definition) is 5. The van der Waals surface area contributed by atoms with Crippen molar-refractivity contribution < 1.29 is 17.9 Å².